The van der Waals surface area contributed by atoms with E-state index in [4.69, 9.17) is 8.83 Å². The summed E-state index contributed by atoms with van der Waals surface area (Å²) in [5, 5.41) is 11.2. The Balaban J connectivity index is 1.62. The number of nitrogens with zero attached hydrogens (tertiary/aromatic N) is 3. The number of carbonyl (C=O) groups is 1. The minimum absolute atomic E-state index is 0.236. The maximum absolute atomic E-state index is 12.4. The van der Waals surface area contributed by atoms with Crippen LogP contribution in [-0.4, -0.2) is 29.2 Å². The van der Waals surface area contributed by atoms with Gasteiger partial charge >= 0.3 is 6.01 Å². The fourth-order valence-electron chi connectivity index (χ4n) is 2.92. The van der Waals surface area contributed by atoms with E-state index in [0.29, 0.717) is 11.9 Å². The predicted molar refractivity (Wildman–Crippen MR) is 90.2 cm³/mol. The van der Waals surface area contributed by atoms with Crippen LogP contribution in [0.25, 0.3) is 0 Å². The zero-order valence-electron chi connectivity index (χ0n) is 13.6. The van der Waals surface area contributed by atoms with Gasteiger partial charge in [0.1, 0.15) is 6.04 Å². The standard InChI is InChI=1S/C18H18N4O3/c23-16(14-9-6-12-24-14)19-15(13-7-2-1-3-8-13)17-20-21-18(25-17)22-10-4-5-11-22/h1-3,6-9,12,15H,4-5,10-11H2,(H,19,23)/t15-/m1/s1. The Hall–Kier alpha value is -3.09. The Bertz CT molecular complexity index is 823. The average molecular weight is 338 g/mol. The quantitative estimate of drug-likeness (QED) is 0.770. The molecule has 0 bridgehead atoms. The average Bonchev–Trinajstić information content (AvgIpc) is 3.42. The van der Waals surface area contributed by atoms with Gasteiger partial charge in [0.15, 0.2) is 5.76 Å². The lowest BCUT2D eigenvalue weighted by Gasteiger charge is -2.15. The molecule has 0 saturated carbocycles. The number of aromatic nitrogens is 2. The molecule has 7 nitrogen and oxygen atoms in total. The number of hydrogen-bond acceptors (Lipinski definition) is 6. The number of amides is 1. The number of hydrogen-bond donors (Lipinski definition) is 1. The van der Waals surface area contributed by atoms with Crippen LogP contribution in [0.3, 0.4) is 0 Å². The molecule has 3 heterocycles. The summed E-state index contributed by atoms with van der Waals surface area (Å²) in [5.74, 6) is 0.257. The number of rotatable bonds is 5. The molecule has 2 aromatic heterocycles. The highest BCUT2D eigenvalue weighted by Crippen LogP contribution is 2.25. The van der Waals surface area contributed by atoms with Crippen molar-refractivity contribution >= 4 is 11.9 Å². The Kier molecular flexibility index (Phi) is 4.20. The summed E-state index contributed by atoms with van der Waals surface area (Å²) in [5.41, 5.74) is 0.860. The van der Waals surface area contributed by atoms with Crippen molar-refractivity contribution in [3.05, 3.63) is 65.9 Å². The maximum Gasteiger partial charge on any atom is 0.318 e. The number of benzene rings is 1. The summed E-state index contributed by atoms with van der Waals surface area (Å²) in [6, 6.07) is 12.8. The number of carbonyl (C=O) groups excluding carboxylic acids is 1. The second-order valence-corrected chi connectivity index (χ2v) is 5.91. The summed E-state index contributed by atoms with van der Waals surface area (Å²) in [4.78, 5) is 14.5. The molecule has 0 radical (unpaired) electrons. The Morgan fingerprint density at radius 3 is 2.60 bits per heavy atom. The number of furan rings is 1. The molecule has 3 aromatic rings. The molecule has 0 spiro atoms. The van der Waals surface area contributed by atoms with E-state index >= 15 is 0 Å². The van der Waals surface area contributed by atoms with Gasteiger partial charge in [-0.3, -0.25) is 4.79 Å². The highest BCUT2D eigenvalue weighted by Gasteiger charge is 2.26. The van der Waals surface area contributed by atoms with Gasteiger partial charge in [0, 0.05) is 13.1 Å². The molecule has 1 aromatic carbocycles. The Morgan fingerprint density at radius 2 is 1.88 bits per heavy atom. The van der Waals surface area contributed by atoms with Crippen LogP contribution in [0, 0.1) is 0 Å². The second kappa shape index (κ2) is 6.80. The van der Waals surface area contributed by atoms with Crippen LogP contribution in [-0.2, 0) is 0 Å². The lowest BCUT2D eigenvalue weighted by molar-refractivity contribution is 0.0910. The van der Waals surface area contributed by atoms with Gasteiger partial charge in [-0.2, -0.15) is 0 Å². The molecular weight excluding hydrogens is 320 g/mol. The van der Waals surface area contributed by atoms with E-state index in [1.165, 1.54) is 6.26 Å². The first-order chi connectivity index (χ1) is 12.3. The highest BCUT2D eigenvalue weighted by atomic mass is 16.4. The molecule has 7 heteroatoms. The van der Waals surface area contributed by atoms with Crippen LogP contribution in [0.1, 0.15) is 40.9 Å². The lowest BCUT2D eigenvalue weighted by Crippen LogP contribution is -2.29. The van der Waals surface area contributed by atoms with Crippen LogP contribution in [0.15, 0.2) is 57.6 Å². The van der Waals surface area contributed by atoms with Gasteiger partial charge in [0.05, 0.1) is 6.26 Å². The van der Waals surface area contributed by atoms with E-state index in [0.717, 1.165) is 31.5 Å². The SMILES string of the molecule is O=C(N[C@H](c1ccccc1)c1nnc(N2CCCC2)o1)c1ccco1. The van der Waals surface area contributed by atoms with Crippen molar-refractivity contribution in [2.45, 2.75) is 18.9 Å². The molecule has 1 amide bonds. The van der Waals surface area contributed by atoms with E-state index in [1.807, 2.05) is 30.3 Å². The topological polar surface area (TPSA) is 84.4 Å². The minimum atomic E-state index is -0.539. The largest absolute Gasteiger partial charge is 0.459 e. The van der Waals surface area contributed by atoms with E-state index in [2.05, 4.69) is 20.4 Å². The number of nitrogens with one attached hydrogen (secondary N) is 1. The van der Waals surface area contributed by atoms with Crippen molar-refractivity contribution in [1.82, 2.24) is 15.5 Å². The molecule has 4 rings (SSSR count). The van der Waals surface area contributed by atoms with Crippen molar-refractivity contribution in [1.29, 1.82) is 0 Å². The van der Waals surface area contributed by atoms with Crippen molar-refractivity contribution in [3.63, 3.8) is 0 Å². The van der Waals surface area contributed by atoms with E-state index < -0.39 is 6.04 Å². The van der Waals surface area contributed by atoms with Gasteiger partial charge in [-0.15, -0.1) is 5.10 Å². The first-order valence-corrected chi connectivity index (χ1v) is 8.29. The molecule has 1 atom stereocenters. The minimum Gasteiger partial charge on any atom is -0.459 e. The number of anilines is 1. The van der Waals surface area contributed by atoms with E-state index in [1.54, 1.807) is 12.1 Å². The molecule has 128 valence electrons. The molecule has 0 unspecified atom stereocenters. The van der Waals surface area contributed by atoms with E-state index in [9.17, 15) is 4.79 Å². The molecule has 0 aliphatic carbocycles. The van der Waals surface area contributed by atoms with Crippen molar-refractivity contribution in [2.75, 3.05) is 18.0 Å². The normalized spacial score (nSPS) is 15.3. The molecule has 1 fully saturated rings. The van der Waals surface area contributed by atoms with Crippen LogP contribution < -0.4 is 10.2 Å². The molecular formula is C18H18N4O3. The molecule has 1 aliphatic heterocycles. The zero-order chi connectivity index (χ0) is 17.1. The van der Waals surface area contributed by atoms with Crippen molar-refractivity contribution < 1.29 is 13.6 Å². The third-order valence-corrected chi connectivity index (χ3v) is 4.21. The molecule has 1 N–H and O–H groups in total. The third kappa shape index (κ3) is 3.26. The van der Waals surface area contributed by atoms with Gasteiger partial charge < -0.3 is 19.1 Å². The molecule has 1 aliphatic rings. The highest BCUT2D eigenvalue weighted by molar-refractivity contribution is 5.91. The first-order valence-electron chi connectivity index (χ1n) is 8.29. The predicted octanol–water partition coefficient (Wildman–Crippen LogP) is 2.78. The van der Waals surface area contributed by atoms with Crippen LogP contribution in [0.5, 0.6) is 0 Å². The third-order valence-electron chi connectivity index (χ3n) is 4.21. The van der Waals surface area contributed by atoms with Gasteiger partial charge in [-0.05, 0) is 30.5 Å². The fourth-order valence-corrected chi connectivity index (χ4v) is 2.92. The summed E-state index contributed by atoms with van der Waals surface area (Å²) < 4.78 is 11.0. The van der Waals surface area contributed by atoms with Crippen LogP contribution in [0.2, 0.25) is 0 Å². The maximum atomic E-state index is 12.4. The first kappa shape index (κ1) is 15.4. The van der Waals surface area contributed by atoms with Gasteiger partial charge in [-0.25, -0.2) is 0 Å². The molecule has 25 heavy (non-hydrogen) atoms. The smallest absolute Gasteiger partial charge is 0.318 e. The van der Waals surface area contributed by atoms with Crippen LogP contribution in [0.4, 0.5) is 6.01 Å². The summed E-state index contributed by atoms with van der Waals surface area (Å²) >= 11 is 0. The lowest BCUT2D eigenvalue weighted by atomic mass is 10.1. The second-order valence-electron chi connectivity index (χ2n) is 5.91. The fraction of sp³-hybridized carbons (Fsp3) is 0.278. The van der Waals surface area contributed by atoms with Gasteiger partial charge in [-0.1, -0.05) is 35.4 Å². The summed E-state index contributed by atoms with van der Waals surface area (Å²) in [6.45, 7) is 1.83. The van der Waals surface area contributed by atoms with E-state index in [-0.39, 0.29) is 11.7 Å². The Labute approximate surface area is 144 Å². The summed E-state index contributed by atoms with van der Waals surface area (Å²) in [7, 11) is 0. The van der Waals surface area contributed by atoms with Crippen molar-refractivity contribution in [2.24, 2.45) is 0 Å². The zero-order valence-corrected chi connectivity index (χ0v) is 13.6. The van der Waals surface area contributed by atoms with Crippen molar-refractivity contribution in [3.8, 4) is 0 Å². The Morgan fingerprint density at radius 1 is 1.08 bits per heavy atom. The van der Waals surface area contributed by atoms with Crippen LogP contribution >= 0.6 is 0 Å². The monoisotopic (exact) mass is 338 g/mol. The summed E-state index contributed by atoms with van der Waals surface area (Å²) in [6.07, 6.45) is 3.70. The van der Waals surface area contributed by atoms with Gasteiger partial charge in [0.25, 0.3) is 5.91 Å². The molecule has 1 saturated heterocycles. The van der Waals surface area contributed by atoms with Gasteiger partial charge in [0.2, 0.25) is 5.89 Å².